The molecule has 2 heteroatoms. The first kappa shape index (κ1) is 15.9. The molecule has 1 fully saturated rings. The van der Waals surface area contributed by atoms with Crippen molar-refractivity contribution < 1.29 is 5.11 Å². The number of phenols is 1. The molecule has 0 atom stereocenters. The van der Waals surface area contributed by atoms with Gasteiger partial charge in [0.15, 0.2) is 0 Å². The van der Waals surface area contributed by atoms with Crippen molar-refractivity contribution in [2.45, 2.75) is 18.4 Å². The number of likely N-dealkylation sites (tertiary alicyclic amines) is 1. The quantitative estimate of drug-likeness (QED) is 0.696. The van der Waals surface area contributed by atoms with Gasteiger partial charge in [0.05, 0.1) is 5.54 Å². The van der Waals surface area contributed by atoms with E-state index in [9.17, 15) is 5.11 Å². The summed E-state index contributed by atoms with van der Waals surface area (Å²) in [5, 5.41) is 9.82. The predicted molar refractivity (Wildman–Crippen MR) is 102 cm³/mol. The van der Waals surface area contributed by atoms with E-state index < -0.39 is 0 Å². The van der Waals surface area contributed by atoms with E-state index in [0.29, 0.717) is 5.75 Å². The van der Waals surface area contributed by atoms with Crippen LogP contribution >= 0.6 is 0 Å². The van der Waals surface area contributed by atoms with Crippen molar-refractivity contribution in [1.29, 1.82) is 0 Å². The van der Waals surface area contributed by atoms with Gasteiger partial charge in [-0.25, -0.2) is 0 Å². The van der Waals surface area contributed by atoms with Crippen LogP contribution in [0.15, 0.2) is 84.9 Å². The van der Waals surface area contributed by atoms with Crippen LogP contribution in [0, 0.1) is 0 Å². The van der Waals surface area contributed by atoms with Crippen LogP contribution in [0.25, 0.3) is 0 Å². The minimum atomic E-state index is -0.327. The van der Waals surface area contributed by atoms with Crippen molar-refractivity contribution in [3.05, 3.63) is 102 Å². The molecule has 1 aliphatic heterocycles. The monoisotopic (exact) mass is 329 g/mol. The maximum absolute atomic E-state index is 9.82. The van der Waals surface area contributed by atoms with Gasteiger partial charge in [0, 0.05) is 0 Å². The summed E-state index contributed by atoms with van der Waals surface area (Å²) in [6.45, 7) is 2.15. The summed E-state index contributed by atoms with van der Waals surface area (Å²) in [6, 6.07) is 29.2. The second-order valence-electron chi connectivity index (χ2n) is 6.68. The Bertz CT molecular complexity index is 766. The summed E-state index contributed by atoms with van der Waals surface area (Å²) < 4.78 is 0. The molecule has 0 amide bonds. The smallest absolute Gasteiger partial charge is 0.115 e. The first-order valence-corrected chi connectivity index (χ1v) is 8.97. The van der Waals surface area contributed by atoms with Gasteiger partial charge < -0.3 is 5.11 Å². The lowest BCUT2D eigenvalue weighted by atomic mass is 9.75. The van der Waals surface area contributed by atoms with E-state index in [-0.39, 0.29) is 5.54 Å². The molecular weight excluding hydrogens is 306 g/mol. The zero-order chi connectivity index (χ0) is 17.1. The Morgan fingerprint density at radius 1 is 0.600 bits per heavy atom. The average molecular weight is 329 g/mol. The van der Waals surface area contributed by atoms with Crippen molar-refractivity contribution in [2.75, 3.05) is 13.1 Å². The lowest BCUT2D eigenvalue weighted by molar-refractivity contribution is 0.199. The molecule has 0 aliphatic carbocycles. The molecule has 1 saturated heterocycles. The first-order valence-electron chi connectivity index (χ1n) is 8.97. The van der Waals surface area contributed by atoms with Crippen molar-refractivity contribution in [3.63, 3.8) is 0 Å². The minimum Gasteiger partial charge on any atom is -0.508 e. The van der Waals surface area contributed by atoms with Gasteiger partial charge in [-0.05, 0) is 54.8 Å². The fourth-order valence-corrected chi connectivity index (χ4v) is 4.16. The highest BCUT2D eigenvalue weighted by molar-refractivity contribution is 5.50. The molecule has 1 N–H and O–H groups in total. The van der Waals surface area contributed by atoms with Crippen molar-refractivity contribution >= 4 is 0 Å². The number of hydrogen-bond acceptors (Lipinski definition) is 2. The fraction of sp³-hybridized carbons (Fsp3) is 0.217. The standard InChI is InChI=1S/C23H23NO/c25-22-15-13-21(14-16-22)23(24-17-7-8-18-24,19-9-3-1-4-10-19)20-11-5-2-6-12-20/h1-6,9-16,25H,7-8,17-18H2. The van der Waals surface area contributed by atoms with E-state index in [1.54, 1.807) is 12.1 Å². The highest BCUT2D eigenvalue weighted by Gasteiger charge is 2.42. The van der Waals surface area contributed by atoms with E-state index in [4.69, 9.17) is 0 Å². The third-order valence-electron chi connectivity index (χ3n) is 5.25. The molecule has 4 rings (SSSR count). The van der Waals surface area contributed by atoms with Crippen molar-refractivity contribution in [1.82, 2.24) is 4.90 Å². The highest BCUT2D eigenvalue weighted by Crippen LogP contribution is 2.44. The van der Waals surface area contributed by atoms with Crippen LogP contribution in [0.2, 0.25) is 0 Å². The lowest BCUT2D eigenvalue weighted by Crippen LogP contribution is -2.46. The number of aromatic hydroxyl groups is 1. The van der Waals surface area contributed by atoms with Crippen LogP contribution in [0.3, 0.4) is 0 Å². The van der Waals surface area contributed by atoms with Gasteiger partial charge in [-0.1, -0.05) is 72.8 Å². The van der Waals surface area contributed by atoms with Crippen LogP contribution in [0.4, 0.5) is 0 Å². The SMILES string of the molecule is Oc1ccc(C(c2ccccc2)(c2ccccc2)N2CCCC2)cc1. The van der Waals surface area contributed by atoms with Crippen molar-refractivity contribution in [3.8, 4) is 5.75 Å². The Labute approximate surface area is 149 Å². The molecule has 0 aromatic heterocycles. The number of phenolic OH excluding ortho intramolecular Hbond substituents is 1. The van der Waals surface area contributed by atoms with Gasteiger partial charge in [0.25, 0.3) is 0 Å². The summed E-state index contributed by atoms with van der Waals surface area (Å²) in [5.74, 6) is 0.306. The molecule has 0 spiro atoms. The molecule has 25 heavy (non-hydrogen) atoms. The third kappa shape index (κ3) is 2.73. The molecule has 0 bridgehead atoms. The number of nitrogens with zero attached hydrogens (tertiary/aromatic N) is 1. The number of hydrogen-bond donors (Lipinski definition) is 1. The Kier molecular flexibility index (Phi) is 4.29. The average Bonchev–Trinajstić information content (AvgIpc) is 3.21. The summed E-state index contributed by atoms with van der Waals surface area (Å²) in [7, 11) is 0. The summed E-state index contributed by atoms with van der Waals surface area (Å²) in [6.07, 6.45) is 2.44. The van der Waals surface area contributed by atoms with Gasteiger partial charge in [-0.15, -0.1) is 0 Å². The number of benzene rings is 3. The van der Waals surface area contributed by atoms with Gasteiger partial charge >= 0.3 is 0 Å². The fourth-order valence-electron chi connectivity index (χ4n) is 4.16. The molecule has 3 aromatic carbocycles. The van der Waals surface area contributed by atoms with Gasteiger partial charge in [0.1, 0.15) is 5.75 Å². The third-order valence-corrected chi connectivity index (χ3v) is 5.25. The molecule has 0 radical (unpaired) electrons. The second kappa shape index (κ2) is 6.73. The molecule has 0 saturated carbocycles. The van der Waals surface area contributed by atoms with E-state index in [0.717, 1.165) is 13.1 Å². The minimum absolute atomic E-state index is 0.306. The van der Waals surface area contributed by atoms with Crippen LogP contribution < -0.4 is 0 Å². The molecule has 1 aliphatic rings. The summed E-state index contributed by atoms with van der Waals surface area (Å²) >= 11 is 0. The topological polar surface area (TPSA) is 23.5 Å². The molecule has 3 aromatic rings. The van der Waals surface area contributed by atoms with E-state index in [1.807, 2.05) is 0 Å². The Morgan fingerprint density at radius 2 is 1.04 bits per heavy atom. The Hall–Kier alpha value is -2.58. The predicted octanol–water partition coefficient (Wildman–Crippen LogP) is 4.78. The normalized spacial score (nSPS) is 15.4. The zero-order valence-corrected chi connectivity index (χ0v) is 14.3. The van der Waals surface area contributed by atoms with Crippen LogP contribution in [-0.4, -0.2) is 23.1 Å². The van der Waals surface area contributed by atoms with Crippen LogP contribution in [-0.2, 0) is 5.54 Å². The van der Waals surface area contributed by atoms with Gasteiger partial charge in [-0.3, -0.25) is 4.90 Å². The van der Waals surface area contributed by atoms with E-state index in [2.05, 4.69) is 77.7 Å². The van der Waals surface area contributed by atoms with Crippen molar-refractivity contribution in [2.24, 2.45) is 0 Å². The highest BCUT2D eigenvalue weighted by atomic mass is 16.3. The molecule has 1 heterocycles. The maximum atomic E-state index is 9.82. The molecular formula is C23H23NO. The molecule has 0 unspecified atom stereocenters. The summed E-state index contributed by atoms with van der Waals surface area (Å²) in [4.78, 5) is 2.59. The van der Waals surface area contributed by atoms with E-state index >= 15 is 0 Å². The lowest BCUT2D eigenvalue weighted by Gasteiger charge is -2.43. The summed E-state index contributed by atoms with van der Waals surface area (Å²) in [5.41, 5.74) is 3.42. The van der Waals surface area contributed by atoms with Crippen LogP contribution in [0.1, 0.15) is 29.5 Å². The van der Waals surface area contributed by atoms with Gasteiger partial charge in [0.2, 0.25) is 0 Å². The Balaban J connectivity index is 2.02. The molecule has 2 nitrogen and oxygen atoms in total. The Morgan fingerprint density at radius 3 is 1.52 bits per heavy atom. The maximum Gasteiger partial charge on any atom is 0.115 e. The zero-order valence-electron chi connectivity index (χ0n) is 14.3. The first-order chi connectivity index (χ1) is 12.3. The van der Waals surface area contributed by atoms with Crippen LogP contribution in [0.5, 0.6) is 5.75 Å². The van der Waals surface area contributed by atoms with Gasteiger partial charge in [-0.2, -0.15) is 0 Å². The largest absolute Gasteiger partial charge is 0.508 e. The van der Waals surface area contributed by atoms with E-state index in [1.165, 1.54) is 29.5 Å². The second-order valence-corrected chi connectivity index (χ2v) is 6.68. The number of rotatable bonds is 4. The molecule has 126 valence electrons.